The van der Waals surface area contributed by atoms with Crippen LogP contribution in [0.15, 0.2) is 51.3 Å². The smallest absolute Gasteiger partial charge is 0.387 e. The second-order valence-corrected chi connectivity index (χ2v) is 6.02. The summed E-state index contributed by atoms with van der Waals surface area (Å²) in [5.41, 5.74) is 0.979. The van der Waals surface area contributed by atoms with E-state index in [1.54, 1.807) is 17.3 Å². The van der Waals surface area contributed by atoms with E-state index in [0.29, 0.717) is 13.1 Å². The molecule has 0 saturated carbocycles. The number of aromatic nitrogens is 3. The normalized spacial score (nSPS) is 10.7. The molecule has 0 radical (unpaired) electrons. The van der Waals surface area contributed by atoms with Crippen LogP contribution in [0.3, 0.4) is 0 Å². The summed E-state index contributed by atoms with van der Waals surface area (Å²) < 4.78 is 6.18. The summed E-state index contributed by atoms with van der Waals surface area (Å²) in [6, 6.07) is 7.36. The van der Waals surface area contributed by atoms with Gasteiger partial charge in [-0.05, 0) is 36.1 Å². The fraction of sp³-hybridized carbons (Fsp3) is 0.250. The molecule has 0 aromatic carbocycles. The second kappa shape index (κ2) is 7.22. The number of nitrogens with zero attached hydrogens (tertiary/aromatic N) is 4. The number of thiophene rings is 1. The molecule has 0 aliphatic heterocycles. The summed E-state index contributed by atoms with van der Waals surface area (Å²) in [5, 5.41) is 5.97. The molecular weight excluding hydrogens is 328 g/mol. The molecule has 0 aliphatic carbocycles. The molecule has 7 nitrogen and oxygen atoms in total. The van der Waals surface area contributed by atoms with Gasteiger partial charge < -0.3 is 9.32 Å². The van der Waals surface area contributed by atoms with E-state index in [9.17, 15) is 9.59 Å². The Balaban J connectivity index is 1.72. The maximum Gasteiger partial charge on any atom is 0.437 e. The highest BCUT2D eigenvalue weighted by atomic mass is 32.1. The Morgan fingerprint density at radius 3 is 2.79 bits per heavy atom. The zero-order valence-corrected chi connectivity index (χ0v) is 13.9. The number of carbonyl (C=O) groups is 1. The summed E-state index contributed by atoms with van der Waals surface area (Å²) >= 11 is 1.42. The Morgan fingerprint density at radius 2 is 2.12 bits per heavy atom. The molecule has 0 aliphatic rings. The van der Waals surface area contributed by atoms with E-state index in [0.717, 1.165) is 15.1 Å². The first-order valence-electron chi connectivity index (χ1n) is 7.46. The van der Waals surface area contributed by atoms with E-state index >= 15 is 0 Å². The van der Waals surface area contributed by atoms with Crippen LogP contribution in [0, 0.1) is 0 Å². The van der Waals surface area contributed by atoms with Gasteiger partial charge in [0, 0.05) is 25.5 Å². The van der Waals surface area contributed by atoms with Crippen LogP contribution >= 0.6 is 11.3 Å². The highest BCUT2D eigenvalue weighted by molar-refractivity contribution is 7.13. The quantitative estimate of drug-likeness (QED) is 0.683. The van der Waals surface area contributed by atoms with Gasteiger partial charge in [-0.2, -0.15) is 4.68 Å². The van der Waals surface area contributed by atoms with Gasteiger partial charge in [0.05, 0.1) is 4.88 Å². The van der Waals surface area contributed by atoms with Crippen molar-refractivity contribution in [3.63, 3.8) is 0 Å². The standard InChI is InChI=1S/C16H16N4O3S/c1-2-19(10-12-5-7-17-8-6-12)14(21)11-20-16(22)23-15(18-20)13-4-3-9-24-13/h3-9H,2,10-11H2,1H3. The minimum atomic E-state index is -0.633. The summed E-state index contributed by atoms with van der Waals surface area (Å²) in [7, 11) is 0. The lowest BCUT2D eigenvalue weighted by molar-refractivity contribution is -0.132. The maximum absolute atomic E-state index is 12.5. The molecule has 3 aromatic heterocycles. The first-order valence-corrected chi connectivity index (χ1v) is 8.34. The van der Waals surface area contributed by atoms with Crippen molar-refractivity contribution in [1.82, 2.24) is 19.7 Å². The Morgan fingerprint density at radius 1 is 1.33 bits per heavy atom. The molecule has 0 spiro atoms. The molecule has 0 fully saturated rings. The zero-order valence-electron chi connectivity index (χ0n) is 13.1. The molecule has 3 heterocycles. The first kappa shape index (κ1) is 16.1. The molecular formula is C16H16N4O3S. The van der Waals surface area contributed by atoms with Crippen LogP contribution in [-0.4, -0.2) is 32.1 Å². The SMILES string of the molecule is CCN(Cc1ccncc1)C(=O)Cn1nc(-c2cccs2)oc1=O. The molecule has 0 N–H and O–H groups in total. The Bertz CT molecular complexity index is 855. The molecule has 24 heavy (non-hydrogen) atoms. The van der Waals surface area contributed by atoms with Crippen LogP contribution in [0.2, 0.25) is 0 Å². The third-order valence-electron chi connectivity index (χ3n) is 3.48. The Kier molecular flexibility index (Phi) is 4.85. The van der Waals surface area contributed by atoms with E-state index in [1.807, 2.05) is 36.6 Å². The van der Waals surface area contributed by atoms with Gasteiger partial charge in [-0.3, -0.25) is 9.78 Å². The number of hydrogen-bond acceptors (Lipinski definition) is 6. The van der Waals surface area contributed by atoms with Gasteiger partial charge in [0.25, 0.3) is 5.89 Å². The fourth-order valence-electron chi connectivity index (χ4n) is 2.22. The van der Waals surface area contributed by atoms with Gasteiger partial charge in [-0.1, -0.05) is 6.07 Å². The maximum atomic E-state index is 12.5. The number of rotatable bonds is 6. The molecule has 0 saturated heterocycles. The minimum absolute atomic E-state index is 0.146. The molecule has 0 atom stereocenters. The van der Waals surface area contributed by atoms with Crippen LogP contribution < -0.4 is 5.76 Å². The second-order valence-electron chi connectivity index (χ2n) is 5.07. The van der Waals surface area contributed by atoms with Crippen LogP contribution in [0.5, 0.6) is 0 Å². The van der Waals surface area contributed by atoms with E-state index in [1.165, 1.54) is 11.3 Å². The summed E-state index contributed by atoms with van der Waals surface area (Å²) in [4.78, 5) is 30.7. The third kappa shape index (κ3) is 3.60. The largest absolute Gasteiger partial charge is 0.437 e. The molecule has 3 rings (SSSR count). The first-order chi connectivity index (χ1) is 11.7. The molecule has 3 aromatic rings. The molecule has 124 valence electrons. The van der Waals surface area contributed by atoms with Crippen molar-refractivity contribution in [2.75, 3.05) is 6.54 Å². The van der Waals surface area contributed by atoms with Crippen LogP contribution in [0.4, 0.5) is 0 Å². The van der Waals surface area contributed by atoms with E-state index < -0.39 is 5.76 Å². The van der Waals surface area contributed by atoms with Crippen molar-refractivity contribution in [1.29, 1.82) is 0 Å². The van der Waals surface area contributed by atoms with Crippen molar-refractivity contribution in [2.45, 2.75) is 20.0 Å². The van der Waals surface area contributed by atoms with Gasteiger partial charge >= 0.3 is 5.76 Å². The summed E-state index contributed by atoms with van der Waals surface area (Å²) in [6.07, 6.45) is 3.37. The van der Waals surface area contributed by atoms with Gasteiger partial charge in [-0.25, -0.2) is 4.79 Å². The van der Waals surface area contributed by atoms with Crippen molar-refractivity contribution >= 4 is 17.2 Å². The summed E-state index contributed by atoms with van der Waals surface area (Å²) in [6.45, 7) is 2.74. The number of hydrogen-bond donors (Lipinski definition) is 0. The lowest BCUT2D eigenvalue weighted by atomic mass is 10.2. The predicted molar refractivity (Wildman–Crippen MR) is 89.4 cm³/mol. The average molecular weight is 344 g/mol. The molecule has 8 heteroatoms. The Hall–Kier alpha value is -2.74. The molecule has 1 amide bonds. The van der Waals surface area contributed by atoms with E-state index in [2.05, 4.69) is 10.1 Å². The number of carbonyl (C=O) groups excluding carboxylic acids is 1. The lowest BCUT2D eigenvalue weighted by Crippen LogP contribution is -2.35. The zero-order chi connectivity index (χ0) is 16.9. The lowest BCUT2D eigenvalue weighted by Gasteiger charge is -2.20. The topological polar surface area (TPSA) is 81.2 Å². The van der Waals surface area contributed by atoms with Crippen molar-refractivity contribution < 1.29 is 9.21 Å². The van der Waals surface area contributed by atoms with Gasteiger partial charge in [-0.15, -0.1) is 16.4 Å². The number of likely N-dealkylation sites (N-methyl/N-ethyl adjacent to an activating group) is 1. The number of pyridine rings is 1. The highest BCUT2D eigenvalue weighted by Crippen LogP contribution is 2.21. The Labute approximate surface area is 142 Å². The minimum Gasteiger partial charge on any atom is -0.387 e. The predicted octanol–water partition coefficient (Wildman–Crippen LogP) is 2.01. The van der Waals surface area contributed by atoms with Crippen LogP contribution in [-0.2, 0) is 17.9 Å². The van der Waals surface area contributed by atoms with Crippen molar-refractivity contribution in [3.8, 4) is 10.8 Å². The van der Waals surface area contributed by atoms with Crippen LogP contribution in [0.25, 0.3) is 10.8 Å². The number of amides is 1. The van der Waals surface area contributed by atoms with E-state index in [-0.39, 0.29) is 18.3 Å². The van der Waals surface area contributed by atoms with Gasteiger partial charge in [0.15, 0.2) is 0 Å². The van der Waals surface area contributed by atoms with Gasteiger partial charge in [0.2, 0.25) is 5.91 Å². The van der Waals surface area contributed by atoms with E-state index in [4.69, 9.17) is 4.42 Å². The monoisotopic (exact) mass is 344 g/mol. The molecule has 0 unspecified atom stereocenters. The third-order valence-corrected chi connectivity index (χ3v) is 4.34. The average Bonchev–Trinajstić information content (AvgIpc) is 3.24. The van der Waals surface area contributed by atoms with Gasteiger partial charge in [0.1, 0.15) is 6.54 Å². The van der Waals surface area contributed by atoms with Crippen molar-refractivity contribution in [2.24, 2.45) is 0 Å². The van der Waals surface area contributed by atoms with Crippen LogP contribution in [0.1, 0.15) is 12.5 Å². The summed E-state index contributed by atoms with van der Waals surface area (Å²) in [5.74, 6) is -0.589. The molecule has 0 bridgehead atoms. The highest BCUT2D eigenvalue weighted by Gasteiger charge is 2.17. The van der Waals surface area contributed by atoms with Crippen molar-refractivity contribution in [3.05, 3.63) is 58.2 Å². The fourth-order valence-corrected chi connectivity index (χ4v) is 2.86.